The molecule has 0 atom stereocenters. The normalized spacial score (nSPS) is 16.5. The Morgan fingerprint density at radius 2 is 1.92 bits per heavy atom. The molecule has 2 aromatic rings. The third-order valence-electron chi connectivity index (χ3n) is 5.48. The first kappa shape index (κ1) is 19.4. The number of piperidine rings is 1. The molecule has 1 aliphatic rings. The van der Waals surface area contributed by atoms with Crippen LogP contribution >= 0.6 is 11.3 Å². The van der Waals surface area contributed by atoms with E-state index < -0.39 is 9.84 Å². The van der Waals surface area contributed by atoms with Crippen LogP contribution in [0, 0.1) is 12.8 Å². The van der Waals surface area contributed by atoms with Gasteiger partial charge in [0.2, 0.25) is 5.91 Å². The van der Waals surface area contributed by atoms with E-state index in [1.807, 2.05) is 4.90 Å². The first-order valence-electron chi connectivity index (χ1n) is 9.23. The maximum atomic E-state index is 12.7. The molecule has 1 fully saturated rings. The summed E-state index contributed by atoms with van der Waals surface area (Å²) in [4.78, 5) is 14.6. The van der Waals surface area contributed by atoms with Crippen molar-refractivity contribution in [3.05, 3.63) is 34.7 Å². The second kappa shape index (κ2) is 7.69. The SMILES string of the molecule is Cc1c(CC(=O)N2CCC(CS(=O)(=O)C(C)C)CC2)ccc2ccsc12. The number of carbonyl (C=O) groups excluding carboxylic acids is 1. The number of thiophene rings is 1. The summed E-state index contributed by atoms with van der Waals surface area (Å²) in [5, 5.41) is 2.99. The zero-order valence-corrected chi connectivity index (χ0v) is 17.3. The van der Waals surface area contributed by atoms with Crippen molar-refractivity contribution < 1.29 is 13.2 Å². The molecule has 1 aromatic heterocycles. The van der Waals surface area contributed by atoms with Crippen LogP contribution in [0.2, 0.25) is 0 Å². The van der Waals surface area contributed by atoms with E-state index >= 15 is 0 Å². The fourth-order valence-corrected chi connectivity index (χ4v) is 5.86. The van der Waals surface area contributed by atoms with E-state index in [4.69, 9.17) is 0 Å². The molecule has 0 N–H and O–H groups in total. The molecule has 0 spiro atoms. The maximum Gasteiger partial charge on any atom is 0.227 e. The van der Waals surface area contributed by atoms with Crippen LogP contribution in [0.25, 0.3) is 10.1 Å². The number of hydrogen-bond acceptors (Lipinski definition) is 4. The van der Waals surface area contributed by atoms with Crippen LogP contribution in [-0.2, 0) is 21.1 Å². The van der Waals surface area contributed by atoms with Gasteiger partial charge in [0.25, 0.3) is 0 Å². The summed E-state index contributed by atoms with van der Waals surface area (Å²) in [6, 6.07) is 6.25. The van der Waals surface area contributed by atoms with E-state index in [-0.39, 0.29) is 22.8 Å². The van der Waals surface area contributed by atoms with Crippen LogP contribution in [0.4, 0.5) is 0 Å². The van der Waals surface area contributed by atoms with Gasteiger partial charge in [-0.15, -0.1) is 11.3 Å². The highest BCUT2D eigenvalue weighted by Gasteiger charge is 2.28. The van der Waals surface area contributed by atoms with Gasteiger partial charge in [-0.25, -0.2) is 8.42 Å². The van der Waals surface area contributed by atoms with Crippen molar-refractivity contribution in [1.29, 1.82) is 0 Å². The number of sulfone groups is 1. The lowest BCUT2D eigenvalue weighted by molar-refractivity contribution is -0.131. The van der Waals surface area contributed by atoms with Gasteiger partial charge in [0.05, 0.1) is 17.4 Å². The highest BCUT2D eigenvalue weighted by molar-refractivity contribution is 7.91. The Kier molecular flexibility index (Phi) is 5.72. The summed E-state index contributed by atoms with van der Waals surface area (Å²) in [6.45, 7) is 6.89. The topological polar surface area (TPSA) is 54.5 Å². The van der Waals surface area contributed by atoms with E-state index in [1.165, 1.54) is 15.6 Å². The molecular formula is C20H27NO3S2. The molecule has 1 aliphatic heterocycles. The summed E-state index contributed by atoms with van der Waals surface area (Å²) in [7, 11) is -3.01. The molecule has 4 nitrogen and oxygen atoms in total. The van der Waals surface area contributed by atoms with E-state index in [9.17, 15) is 13.2 Å². The standard InChI is InChI=1S/C20H27NO3S2/c1-14(2)26(23,24)13-16-6-9-21(10-7-16)19(22)12-18-5-4-17-8-11-25-20(17)15(18)3/h4-5,8,11,14,16H,6-7,9-10,12-13H2,1-3H3. The highest BCUT2D eigenvalue weighted by Crippen LogP contribution is 2.28. The Balaban J connectivity index is 1.59. The second-order valence-electron chi connectivity index (χ2n) is 7.57. The largest absolute Gasteiger partial charge is 0.342 e. The van der Waals surface area contributed by atoms with Crippen LogP contribution in [0.1, 0.15) is 37.8 Å². The van der Waals surface area contributed by atoms with E-state index in [2.05, 4.69) is 30.5 Å². The smallest absolute Gasteiger partial charge is 0.227 e. The van der Waals surface area contributed by atoms with Crippen LogP contribution in [0.5, 0.6) is 0 Å². The minimum atomic E-state index is -3.01. The third-order valence-corrected chi connectivity index (χ3v) is 8.90. The number of fused-ring (bicyclic) bond motifs is 1. The lowest BCUT2D eigenvalue weighted by Crippen LogP contribution is -2.41. The molecule has 3 rings (SSSR count). The van der Waals surface area contributed by atoms with Gasteiger partial charge in [0.15, 0.2) is 9.84 Å². The quantitative estimate of drug-likeness (QED) is 0.776. The van der Waals surface area contributed by atoms with Crippen LogP contribution in [0.15, 0.2) is 23.6 Å². The second-order valence-corrected chi connectivity index (χ2v) is 11.1. The Labute approximate surface area is 160 Å². The molecule has 0 radical (unpaired) electrons. The van der Waals surface area contributed by atoms with Crippen molar-refractivity contribution in [3.63, 3.8) is 0 Å². The minimum absolute atomic E-state index is 0.147. The van der Waals surface area contributed by atoms with Gasteiger partial charge < -0.3 is 4.90 Å². The molecule has 1 aromatic carbocycles. The molecule has 142 valence electrons. The van der Waals surface area contributed by atoms with Gasteiger partial charge in [-0.05, 0) is 67.5 Å². The zero-order valence-electron chi connectivity index (χ0n) is 15.7. The van der Waals surface area contributed by atoms with Crippen LogP contribution in [0.3, 0.4) is 0 Å². The van der Waals surface area contributed by atoms with E-state index in [0.29, 0.717) is 19.5 Å². The van der Waals surface area contributed by atoms with Crippen molar-refractivity contribution in [2.45, 2.75) is 45.3 Å². The van der Waals surface area contributed by atoms with E-state index in [0.717, 1.165) is 18.4 Å². The average molecular weight is 394 g/mol. The Morgan fingerprint density at radius 3 is 2.58 bits per heavy atom. The first-order valence-corrected chi connectivity index (χ1v) is 11.8. The molecule has 2 heterocycles. The summed E-state index contributed by atoms with van der Waals surface area (Å²) in [5.41, 5.74) is 2.29. The third kappa shape index (κ3) is 4.12. The number of carbonyl (C=O) groups is 1. The van der Waals surface area contributed by atoms with E-state index in [1.54, 1.807) is 25.2 Å². The Bertz CT molecular complexity index is 891. The van der Waals surface area contributed by atoms with Gasteiger partial charge in [-0.1, -0.05) is 12.1 Å². The fourth-order valence-electron chi connectivity index (χ4n) is 3.55. The molecule has 6 heteroatoms. The van der Waals surface area contributed by atoms with Gasteiger partial charge in [-0.3, -0.25) is 4.79 Å². The monoisotopic (exact) mass is 393 g/mol. The van der Waals surface area contributed by atoms with Crippen molar-refractivity contribution in [1.82, 2.24) is 4.90 Å². The van der Waals surface area contributed by atoms with Crippen LogP contribution in [-0.4, -0.2) is 43.3 Å². The number of hydrogen-bond donors (Lipinski definition) is 0. The lowest BCUT2D eigenvalue weighted by atomic mass is 9.97. The molecule has 0 unspecified atom stereocenters. The number of aryl methyl sites for hydroxylation is 1. The number of likely N-dealkylation sites (tertiary alicyclic amines) is 1. The van der Waals surface area contributed by atoms with Crippen LogP contribution < -0.4 is 0 Å². The number of benzene rings is 1. The predicted molar refractivity (Wildman–Crippen MR) is 108 cm³/mol. The van der Waals surface area contributed by atoms with Gasteiger partial charge in [0, 0.05) is 17.8 Å². The summed E-state index contributed by atoms with van der Waals surface area (Å²) in [5.74, 6) is 0.575. The first-order chi connectivity index (χ1) is 12.3. The predicted octanol–water partition coefficient (Wildman–Crippen LogP) is 3.81. The zero-order chi connectivity index (χ0) is 18.9. The lowest BCUT2D eigenvalue weighted by Gasteiger charge is -2.32. The molecule has 0 saturated carbocycles. The molecule has 0 bridgehead atoms. The molecule has 1 saturated heterocycles. The number of amides is 1. The number of rotatable bonds is 5. The highest BCUT2D eigenvalue weighted by atomic mass is 32.2. The van der Waals surface area contributed by atoms with Gasteiger partial charge >= 0.3 is 0 Å². The summed E-state index contributed by atoms with van der Waals surface area (Å²) < 4.78 is 25.5. The molecule has 1 amide bonds. The molecule has 0 aliphatic carbocycles. The molecular weight excluding hydrogens is 366 g/mol. The van der Waals surface area contributed by atoms with Crippen molar-refractivity contribution in [2.24, 2.45) is 5.92 Å². The maximum absolute atomic E-state index is 12.7. The van der Waals surface area contributed by atoms with Crippen molar-refractivity contribution in [2.75, 3.05) is 18.8 Å². The number of nitrogens with zero attached hydrogens (tertiary/aromatic N) is 1. The van der Waals surface area contributed by atoms with Crippen molar-refractivity contribution >= 4 is 37.2 Å². The van der Waals surface area contributed by atoms with Crippen molar-refractivity contribution in [3.8, 4) is 0 Å². The summed E-state index contributed by atoms with van der Waals surface area (Å²) in [6.07, 6.45) is 1.98. The fraction of sp³-hybridized carbons (Fsp3) is 0.550. The Morgan fingerprint density at radius 1 is 1.23 bits per heavy atom. The minimum Gasteiger partial charge on any atom is -0.342 e. The average Bonchev–Trinajstić information content (AvgIpc) is 3.07. The summed E-state index contributed by atoms with van der Waals surface area (Å²) >= 11 is 1.72. The van der Waals surface area contributed by atoms with Gasteiger partial charge in [-0.2, -0.15) is 0 Å². The van der Waals surface area contributed by atoms with Gasteiger partial charge in [0.1, 0.15) is 0 Å². The molecule has 26 heavy (non-hydrogen) atoms. The Hall–Kier alpha value is -1.40.